The lowest BCUT2D eigenvalue weighted by Crippen LogP contribution is -2.12. The molecule has 1 fully saturated rings. The van der Waals surface area contributed by atoms with Gasteiger partial charge in [0.25, 0.3) is 0 Å². The van der Waals surface area contributed by atoms with Crippen molar-refractivity contribution in [2.45, 2.75) is 45.6 Å². The Kier molecular flexibility index (Phi) is 3.22. The van der Waals surface area contributed by atoms with Crippen LogP contribution in [-0.2, 0) is 0 Å². The molecule has 0 unspecified atom stereocenters. The maximum atomic E-state index is 5.52. The average Bonchev–Trinajstić information content (AvgIpc) is 2.99. The van der Waals surface area contributed by atoms with Crippen LogP contribution in [0.15, 0.2) is 0 Å². The van der Waals surface area contributed by atoms with E-state index >= 15 is 0 Å². The first kappa shape index (κ1) is 11.1. The molecule has 0 saturated heterocycles. The fraction of sp³-hybridized carbons (Fsp3) is 0.727. The molecule has 5 heteroatoms. The van der Waals surface area contributed by atoms with Crippen LogP contribution in [0.3, 0.4) is 0 Å². The van der Waals surface area contributed by atoms with E-state index < -0.39 is 0 Å². The summed E-state index contributed by atoms with van der Waals surface area (Å²) >= 11 is 0. The second-order valence-corrected chi connectivity index (χ2v) is 4.27. The monoisotopic (exact) mass is 222 g/mol. The summed E-state index contributed by atoms with van der Waals surface area (Å²) in [5.41, 5.74) is 0. The Labute approximate surface area is 95.7 Å². The average molecular weight is 222 g/mol. The Morgan fingerprint density at radius 1 is 1.31 bits per heavy atom. The van der Waals surface area contributed by atoms with Crippen molar-refractivity contribution >= 4 is 5.95 Å². The second kappa shape index (κ2) is 4.63. The third kappa shape index (κ3) is 2.81. The Morgan fingerprint density at radius 2 is 2.06 bits per heavy atom. The summed E-state index contributed by atoms with van der Waals surface area (Å²) in [4.78, 5) is 12.9. The van der Waals surface area contributed by atoms with Crippen molar-refractivity contribution < 1.29 is 4.74 Å². The first-order valence-corrected chi connectivity index (χ1v) is 5.85. The molecule has 0 atom stereocenters. The molecule has 2 rings (SSSR count). The van der Waals surface area contributed by atoms with Crippen LogP contribution in [0, 0.1) is 0 Å². The normalized spacial score (nSPS) is 15.2. The van der Waals surface area contributed by atoms with Crippen molar-refractivity contribution in [3.63, 3.8) is 0 Å². The molecule has 0 aromatic carbocycles. The van der Waals surface area contributed by atoms with Gasteiger partial charge in [-0.1, -0.05) is 0 Å². The zero-order valence-corrected chi connectivity index (χ0v) is 10.0. The van der Waals surface area contributed by atoms with Gasteiger partial charge in [0, 0.05) is 12.5 Å². The highest BCUT2D eigenvalue weighted by Crippen LogP contribution is 2.38. The van der Waals surface area contributed by atoms with Crippen LogP contribution in [0.5, 0.6) is 6.01 Å². The summed E-state index contributed by atoms with van der Waals surface area (Å²) in [6.07, 6.45) is 2.44. The Hall–Kier alpha value is -1.39. The van der Waals surface area contributed by atoms with E-state index in [9.17, 15) is 0 Å². The van der Waals surface area contributed by atoms with Crippen molar-refractivity contribution in [2.24, 2.45) is 0 Å². The van der Waals surface area contributed by atoms with Crippen LogP contribution in [-0.4, -0.2) is 27.6 Å². The zero-order chi connectivity index (χ0) is 11.5. The highest BCUT2D eigenvalue weighted by Gasteiger charge is 2.28. The van der Waals surface area contributed by atoms with Crippen molar-refractivity contribution in [1.29, 1.82) is 0 Å². The van der Waals surface area contributed by atoms with E-state index in [4.69, 9.17) is 4.74 Å². The molecular formula is C11H18N4O. The third-order valence-corrected chi connectivity index (χ3v) is 2.25. The van der Waals surface area contributed by atoms with E-state index in [-0.39, 0.29) is 6.10 Å². The smallest absolute Gasteiger partial charge is 0.321 e. The van der Waals surface area contributed by atoms with Crippen molar-refractivity contribution in [3.05, 3.63) is 5.82 Å². The lowest BCUT2D eigenvalue weighted by molar-refractivity contribution is 0.221. The number of anilines is 1. The molecular weight excluding hydrogens is 204 g/mol. The van der Waals surface area contributed by atoms with Crippen LogP contribution in [0.25, 0.3) is 0 Å². The van der Waals surface area contributed by atoms with Gasteiger partial charge in [0.15, 0.2) is 0 Å². The number of hydrogen-bond donors (Lipinski definition) is 1. The molecule has 16 heavy (non-hydrogen) atoms. The molecule has 0 amide bonds. The molecule has 1 aliphatic carbocycles. The number of aromatic nitrogens is 3. The number of nitrogens with one attached hydrogen (secondary N) is 1. The minimum atomic E-state index is 0.0870. The van der Waals surface area contributed by atoms with Gasteiger partial charge in [0.1, 0.15) is 5.82 Å². The van der Waals surface area contributed by atoms with Gasteiger partial charge in [0.05, 0.1) is 6.10 Å². The molecule has 1 N–H and O–H groups in total. The first-order valence-electron chi connectivity index (χ1n) is 5.85. The predicted octanol–water partition coefficient (Wildman–Crippen LogP) is 1.97. The van der Waals surface area contributed by atoms with E-state index in [2.05, 4.69) is 20.3 Å². The van der Waals surface area contributed by atoms with Crippen LogP contribution < -0.4 is 10.1 Å². The maximum Gasteiger partial charge on any atom is 0.321 e. The predicted molar refractivity (Wildman–Crippen MR) is 61.7 cm³/mol. The third-order valence-electron chi connectivity index (χ3n) is 2.25. The van der Waals surface area contributed by atoms with E-state index in [1.165, 1.54) is 12.8 Å². The number of hydrogen-bond acceptors (Lipinski definition) is 5. The van der Waals surface area contributed by atoms with Gasteiger partial charge in [0.2, 0.25) is 5.95 Å². The molecule has 1 heterocycles. The fourth-order valence-electron chi connectivity index (χ4n) is 1.40. The maximum absolute atomic E-state index is 5.52. The highest BCUT2D eigenvalue weighted by molar-refractivity contribution is 5.27. The van der Waals surface area contributed by atoms with Gasteiger partial charge in [-0.15, -0.1) is 0 Å². The van der Waals surface area contributed by atoms with Crippen LogP contribution in [0.1, 0.15) is 45.4 Å². The summed E-state index contributed by atoms with van der Waals surface area (Å²) in [6.45, 7) is 6.75. The van der Waals surface area contributed by atoms with Gasteiger partial charge in [-0.05, 0) is 33.6 Å². The Morgan fingerprint density at radius 3 is 2.62 bits per heavy atom. The summed E-state index contributed by atoms with van der Waals surface area (Å²) < 4.78 is 5.52. The summed E-state index contributed by atoms with van der Waals surface area (Å²) in [5, 5.41) is 3.10. The lowest BCUT2D eigenvalue weighted by Gasteiger charge is -2.10. The van der Waals surface area contributed by atoms with E-state index in [0.29, 0.717) is 17.9 Å². The quantitative estimate of drug-likeness (QED) is 0.825. The van der Waals surface area contributed by atoms with E-state index in [0.717, 1.165) is 12.4 Å². The fourth-order valence-corrected chi connectivity index (χ4v) is 1.40. The van der Waals surface area contributed by atoms with Crippen LogP contribution in [0.2, 0.25) is 0 Å². The molecule has 0 bridgehead atoms. The molecule has 0 spiro atoms. The van der Waals surface area contributed by atoms with Crippen molar-refractivity contribution in [3.8, 4) is 6.01 Å². The van der Waals surface area contributed by atoms with Gasteiger partial charge in [-0.25, -0.2) is 0 Å². The number of rotatable bonds is 5. The zero-order valence-electron chi connectivity index (χ0n) is 10.0. The number of nitrogens with zero attached hydrogens (tertiary/aromatic N) is 3. The minimum Gasteiger partial charge on any atom is -0.461 e. The van der Waals surface area contributed by atoms with Crippen molar-refractivity contribution in [1.82, 2.24) is 15.0 Å². The van der Waals surface area contributed by atoms with Crippen LogP contribution >= 0.6 is 0 Å². The first-order chi connectivity index (χ1) is 7.69. The second-order valence-electron chi connectivity index (χ2n) is 4.27. The summed E-state index contributed by atoms with van der Waals surface area (Å²) in [6, 6.07) is 0.433. The largest absolute Gasteiger partial charge is 0.461 e. The molecule has 5 nitrogen and oxygen atoms in total. The SMILES string of the molecule is CCNc1nc(OC(C)C)nc(C2CC2)n1. The van der Waals surface area contributed by atoms with Crippen LogP contribution in [0.4, 0.5) is 5.95 Å². The number of ether oxygens (including phenoxy) is 1. The molecule has 0 aliphatic heterocycles. The van der Waals surface area contributed by atoms with E-state index in [1.54, 1.807) is 0 Å². The van der Waals surface area contributed by atoms with E-state index in [1.807, 2.05) is 20.8 Å². The lowest BCUT2D eigenvalue weighted by atomic mass is 10.4. The summed E-state index contributed by atoms with van der Waals surface area (Å²) in [7, 11) is 0. The van der Waals surface area contributed by atoms with Gasteiger partial charge >= 0.3 is 6.01 Å². The van der Waals surface area contributed by atoms with Gasteiger partial charge in [-0.3, -0.25) is 0 Å². The molecule has 88 valence electrons. The molecule has 0 radical (unpaired) electrons. The Bertz CT molecular complexity index is 363. The van der Waals surface area contributed by atoms with Gasteiger partial charge < -0.3 is 10.1 Å². The summed E-state index contributed by atoms with van der Waals surface area (Å²) in [5.74, 6) is 1.99. The molecule has 1 aromatic rings. The standard InChI is InChI=1S/C11H18N4O/c1-4-12-10-13-9(8-5-6-8)14-11(15-10)16-7(2)3/h7-8H,4-6H2,1-3H3,(H,12,13,14,15). The van der Waals surface area contributed by atoms with Gasteiger partial charge in [-0.2, -0.15) is 15.0 Å². The topological polar surface area (TPSA) is 59.9 Å². The molecule has 1 saturated carbocycles. The highest BCUT2D eigenvalue weighted by atomic mass is 16.5. The molecule has 1 aliphatic rings. The minimum absolute atomic E-state index is 0.0870. The Balaban J connectivity index is 2.21. The van der Waals surface area contributed by atoms with Crippen molar-refractivity contribution in [2.75, 3.05) is 11.9 Å². The molecule has 1 aromatic heterocycles.